The standard InChI is InChI=1S/C17H19FN6O2/c1-3-4-9-24-13-14(23(2)17(26)21-15(13)25)20-16(24)22-19-10-11-5-7-12(18)8-6-11/h5-8,10H,3-4,9H2,1-2H3,(H,20,22)(H,21,25,26)/b19-10-. The maximum Gasteiger partial charge on any atom is 0.329 e. The summed E-state index contributed by atoms with van der Waals surface area (Å²) < 4.78 is 15.9. The lowest BCUT2D eigenvalue weighted by molar-refractivity contribution is 0.628. The van der Waals surface area contributed by atoms with Crippen LogP contribution >= 0.6 is 0 Å². The van der Waals surface area contributed by atoms with Crippen LogP contribution < -0.4 is 16.7 Å². The SMILES string of the molecule is CCCCn1c(N/N=C\c2ccc(F)cc2)nc2c1c(=O)[nH]c(=O)n2C. The first-order valence-electron chi connectivity index (χ1n) is 8.25. The summed E-state index contributed by atoms with van der Waals surface area (Å²) >= 11 is 0. The lowest BCUT2D eigenvalue weighted by Crippen LogP contribution is -2.29. The average Bonchev–Trinajstić information content (AvgIpc) is 2.99. The Balaban J connectivity index is 1.99. The summed E-state index contributed by atoms with van der Waals surface area (Å²) in [6, 6.07) is 5.87. The zero-order valence-electron chi connectivity index (χ0n) is 14.5. The molecular weight excluding hydrogens is 339 g/mol. The minimum atomic E-state index is -0.524. The molecule has 136 valence electrons. The van der Waals surface area contributed by atoms with Gasteiger partial charge in [-0.2, -0.15) is 10.1 Å². The van der Waals surface area contributed by atoms with Gasteiger partial charge in [0.15, 0.2) is 11.2 Å². The van der Waals surface area contributed by atoms with E-state index in [4.69, 9.17) is 0 Å². The lowest BCUT2D eigenvalue weighted by Gasteiger charge is -2.06. The number of unbranched alkanes of at least 4 members (excludes halogenated alkanes) is 1. The highest BCUT2D eigenvalue weighted by atomic mass is 19.1. The highest BCUT2D eigenvalue weighted by Gasteiger charge is 2.16. The summed E-state index contributed by atoms with van der Waals surface area (Å²) in [5.74, 6) is 0.0371. The van der Waals surface area contributed by atoms with Gasteiger partial charge in [0.2, 0.25) is 5.95 Å². The zero-order valence-corrected chi connectivity index (χ0v) is 14.5. The van der Waals surface area contributed by atoms with Crippen molar-refractivity contribution in [3.63, 3.8) is 0 Å². The molecule has 9 heteroatoms. The van der Waals surface area contributed by atoms with Crippen LogP contribution in [-0.4, -0.2) is 25.3 Å². The average molecular weight is 358 g/mol. The quantitative estimate of drug-likeness (QED) is 0.519. The second kappa shape index (κ2) is 7.34. The van der Waals surface area contributed by atoms with E-state index in [-0.39, 0.29) is 11.5 Å². The van der Waals surface area contributed by atoms with Crippen molar-refractivity contribution in [3.8, 4) is 0 Å². The summed E-state index contributed by atoms with van der Waals surface area (Å²) in [6.45, 7) is 2.60. The van der Waals surface area contributed by atoms with E-state index in [0.29, 0.717) is 23.6 Å². The highest BCUT2D eigenvalue weighted by molar-refractivity contribution is 5.80. The van der Waals surface area contributed by atoms with Crippen molar-refractivity contribution in [2.45, 2.75) is 26.3 Å². The number of anilines is 1. The van der Waals surface area contributed by atoms with Gasteiger partial charge >= 0.3 is 5.69 Å². The fourth-order valence-electron chi connectivity index (χ4n) is 2.57. The van der Waals surface area contributed by atoms with Crippen LogP contribution in [0, 0.1) is 5.82 Å². The Labute approximate surface area is 148 Å². The second-order valence-corrected chi connectivity index (χ2v) is 5.85. The van der Waals surface area contributed by atoms with Crippen LogP contribution in [-0.2, 0) is 13.6 Å². The Kier molecular flexibility index (Phi) is 4.97. The summed E-state index contributed by atoms with van der Waals surface area (Å²) in [6.07, 6.45) is 3.29. The van der Waals surface area contributed by atoms with Gasteiger partial charge in [-0.25, -0.2) is 14.6 Å². The first kappa shape index (κ1) is 17.6. The third-order valence-electron chi connectivity index (χ3n) is 3.99. The first-order chi connectivity index (χ1) is 12.5. The molecule has 3 aromatic rings. The lowest BCUT2D eigenvalue weighted by atomic mass is 10.2. The highest BCUT2D eigenvalue weighted by Crippen LogP contribution is 2.16. The molecule has 26 heavy (non-hydrogen) atoms. The fraction of sp³-hybridized carbons (Fsp3) is 0.294. The normalized spacial score (nSPS) is 11.5. The molecule has 2 heterocycles. The third-order valence-corrected chi connectivity index (χ3v) is 3.99. The molecule has 0 aliphatic carbocycles. The van der Waals surface area contributed by atoms with Gasteiger partial charge in [-0.1, -0.05) is 25.5 Å². The van der Waals surface area contributed by atoms with Crippen LogP contribution in [0.2, 0.25) is 0 Å². The third kappa shape index (κ3) is 3.41. The van der Waals surface area contributed by atoms with E-state index >= 15 is 0 Å². The number of hydrazone groups is 1. The van der Waals surface area contributed by atoms with Gasteiger partial charge in [0.1, 0.15) is 5.82 Å². The number of H-pyrrole nitrogens is 1. The van der Waals surface area contributed by atoms with Crippen molar-refractivity contribution < 1.29 is 4.39 Å². The maximum atomic E-state index is 12.9. The van der Waals surface area contributed by atoms with E-state index < -0.39 is 11.2 Å². The number of hydrogen-bond acceptors (Lipinski definition) is 5. The van der Waals surface area contributed by atoms with Crippen LogP contribution in [0.1, 0.15) is 25.3 Å². The Hall–Kier alpha value is -3.23. The van der Waals surface area contributed by atoms with Gasteiger partial charge < -0.3 is 4.57 Å². The molecule has 0 bridgehead atoms. The van der Waals surface area contributed by atoms with Crippen LogP contribution in [0.25, 0.3) is 11.2 Å². The fourth-order valence-corrected chi connectivity index (χ4v) is 2.57. The molecule has 1 aromatic carbocycles. The molecule has 0 aliphatic heterocycles. The number of aromatic amines is 1. The molecule has 0 aliphatic rings. The van der Waals surface area contributed by atoms with Gasteiger partial charge in [-0.05, 0) is 24.1 Å². The second-order valence-electron chi connectivity index (χ2n) is 5.85. The van der Waals surface area contributed by atoms with E-state index in [2.05, 4.69) is 20.5 Å². The van der Waals surface area contributed by atoms with Crippen molar-refractivity contribution in [2.75, 3.05) is 5.43 Å². The largest absolute Gasteiger partial charge is 0.329 e. The molecule has 0 spiro atoms. The molecular formula is C17H19FN6O2. The maximum absolute atomic E-state index is 12.9. The minimum absolute atomic E-state index is 0.286. The molecule has 8 nitrogen and oxygen atoms in total. The zero-order chi connectivity index (χ0) is 18.7. The Morgan fingerprint density at radius 1 is 1.31 bits per heavy atom. The number of fused-ring (bicyclic) bond motifs is 1. The van der Waals surface area contributed by atoms with Crippen LogP contribution in [0.3, 0.4) is 0 Å². The predicted molar refractivity (Wildman–Crippen MR) is 98.1 cm³/mol. The molecule has 0 radical (unpaired) electrons. The number of nitrogens with zero attached hydrogens (tertiary/aromatic N) is 4. The number of hydrogen-bond donors (Lipinski definition) is 2. The summed E-state index contributed by atoms with van der Waals surface area (Å²) in [7, 11) is 1.54. The molecule has 0 unspecified atom stereocenters. The molecule has 0 atom stereocenters. The molecule has 2 aromatic heterocycles. The molecule has 2 N–H and O–H groups in total. The van der Waals surface area contributed by atoms with Gasteiger partial charge in [-0.3, -0.25) is 14.3 Å². The van der Waals surface area contributed by atoms with Crippen molar-refractivity contribution in [1.29, 1.82) is 0 Å². The molecule has 0 amide bonds. The number of halogens is 1. The summed E-state index contributed by atoms with van der Waals surface area (Å²) in [5, 5.41) is 4.11. The molecule has 0 saturated heterocycles. The van der Waals surface area contributed by atoms with E-state index in [1.807, 2.05) is 6.92 Å². The molecule has 0 fully saturated rings. The number of rotatable bonds is 6. The summed E-state index contributed by atoms with van der Waals surface area (Å²) in [4.78, 5) is 30.7. The molecule has 3 rings (SSSR count). The van der Waals surface area contributed by atoms with Crippen molar-refractivity contribution >= 4 is 23.3 Å². The molecule has 0 saturated carbocycles. The Bertz CT molecular complexity index is 1060. The van der Waals surface area contributed by atoms with Crippen LogP contribution in [0.5, 0.6) is 0 Å². The number of aromatic nitrogens is 4. The smallest absolute Gasteiger partial charge is 0.303 e. The minimum Gasteiger partial charge on any atom is -0.303 e. The van der Waals surface area contributed by atoms with Gasteiger partial charge in [-0.15, -0.1) is 0 Å². The number of imidazole rings is 1. The summed E-state index contributed by atoms with van der Waals surface area (Å²) in [5.41, 5.74) is 3.11. The number of nitrogens with one attached hydrogen (secondary N) is 2. The number of benzene rings is 1. The van der Waals surface area contributed by atoms with Gasteiger partial charge in [0, 0.05) is 13.6 Å². The van der Waals surface area contributed by atoms with Gasteiger partial charge in [0.25, 0.3) is 5.56 Å². The number of aryl methyl sites for hydroxylation is 2. The van der Waals surface area contributed by atoms with Gasteiger partial charge in [0.05, 0.1) is 6.21 Å². The van der Waals surface area contributed by atoms with Crippen molar-refractivity contribution in [2.24, 2.45) is 12.1 Å². The van der Waals surface area contributed by atoms with E-state index in [0.717, 1.165) is 12.8 Å². The first-order valence-corrected chi connectivity index (χ1v) is 8.25. The topological polar surface area (TPSA) is 97.1 Å². The monoisotopic (exact) mass is 358 g/mol. The van der Waals surface area contributed by atoms with Crippen molar-refractivity contribution in [1.82, 2.24) is 19.1 Å². The van der Waals surface area contributed by atoms with Crippen LogP contribution in [0.4, 0.5) is 10.3 Å². The van der Waals surface area contributed by atoms with Crippen molar-refractivity contribution in [3.05, 3.63) is 56.5 Å². The Morgan fingerprint density at radius 3 is 2.73 bits per heavy atom. The van der Waals surface area contributed by atoms with E-state index in [1.54, 1.807) is 23.7 Å². The van der Waals surface area contributed by atoms with E-state index in [1.165, 1.54) is 22.9 Å². The van der Waals surface area contributed by atoms with Crippen LogP contribution in [0.15, 0.2) is 39.0 Å². The van der Waals surface area contributed by atoms with E-state index in [9.17, 15) is 14.0 Å². The predicted octanol–water partition coefficient (Wildman–Crippen LogP) is 1.81. The Morgan fingerprint density at radius 2 is 2.04 bits per heavy atom.